The number of nitrogens with zero attached hydrogens (tertiary/aromatic N) is 1. The van der Waals surface area contributed by atoms with Crippen LogP contribution in [0.5, 0.6) is 0 Å². The molecule has 98 valence electrons. The second-order valence-electron chi connectivity index (χ2n) is 5.61. The van der Waals surface area contributed by atoms with E-state index in [2.05, 4.69) is 0 Å². The number of hydrogen-bond acceptors (Lipinski definition) is 3. The number of likely N-dealkylation sites (tertiary alicyclic amines) is 1. The third-order valence-corrected chi connectivity index (χ3v) is 2.66. The van der Waals surface area contributed by atoms with Gasteiger partial charge in [-0.25, -0.2) is 4.79 Å². The molecule has 1 atom stereocenters. The topological polar surface area (TPSA) is 72.6 Å². The van der Waals surface area contributed by atoms with Gasteiger partial charge in [0.2, 0.25) is 5.91 Å². The Bertz CT molecular complexity index is 297. The van der Waals surface area contributed by atoms with Gasteiger partial charge in [-0.1, -0.05) is 0 Å². The Balaban J connectivity index is 2.49. The third kappa shape index (κ3) is 5.06. The summed E-state index contributed by atoms with van der Waals surface area (Å²) in [5.74, 6) is -0.130. The lowest BCUT2D eigenvalue weighted by Crippen LogP contribution is -2.43. The zero-order chi connectivity index (χ0) is 13.1. The van der Waals surface area contributed by atoms with Crippen LogP contribution in [0.3, 0.4) is 0 Å². The number of carbonyl (C=O) groups excluding carboxylic acids is 2. The SMILES string of the molecule is CC(C)(C)OC(=O)N1CCC[C@H](CC(N)=O)C1. The fourth-order valence-corrected chi connectivity index (χ4v) is 2.01. The molecule has 0 bridgehead atoms. The molecule has 1 aliphatic heterocycles. The molecule has 0 radical (unpaired) electrons. The van der Waals surface area contributed by atoms with Crippen molar-refractivity contribution in [3.63, 3.8) is 0 Å². The Morgan fingerprint density at radius 3 is 2.59 bits per heavy atom. The van der Waals surface area contributed by atoms with Gasteiger partial charge in [0.05, 0.1) is 0 Å². The minimum absolute atomic E-state index is 0.175. The standard InChI is InChI=1S/C12H22N2O3/c1-12(2,3)17-11(16)14-6-4-5-9(8-14)7-10(13)15/h9H,4-8H2,1-3H3,(H2,13,15)/t9-/m1/s1. The zero-order valence-electron chi connectivity index (χ0n) is 10.9. The number of ether oxygens (including phenoxy) is 1. The lowest BCUT2D eigenvalue weighted by Gasteiger charge is -2.33. The van der Waals surface area contributed by atoms with Gasteiger partial charge in [-0.2, -0.15) is 0 Å². The maximum atomic E-state index is 11.8. The van der Waals surface area contributed by atoms with Crippen LogP contribution in [0.25, 0.3) is 0 Å². The van der Waals surface area contributed by atoms with Crippen LogP contribution in [0.4, 0.5) is 4.79 Å². The molecule has 2 N–H and O–H groups in total. The van der Waals surface area contributed by atoms with Gasteiger partial charge >= 0.3 is 6.09 Å². The molecule has 0 aromatic heterocycles. The fraction of sp³-hybridized carbons (Fsp3) is 0.833. The van der Waals surface area contributed by atoms with Crippen molar-refractivity contribution < 1.29 is 14.3 Å². The van der Waals surface area contributed by atoms with Crippen LogP contribution < -0.4 is 5.73 Å². The monoisotopic (exact) mass is 242 g/mol. The van der Waals surface area contributed by atoms with Gasteiger partial charge < -0.3 is 15.4 Å². The molecule has 5 heteroatoms. The molecule has 0 aromatic carbocycles. The highest BCUT2D eigenvalue weighted by atomic mass is 16.6. The van der Waals surface area contributed by atoms with E-state index >= 15 is 0 Å². The van der Waals surface area contributed by atoms with Crippen molar-refractivity contribution in [1.29, 1.82) is 0 Å². The van der Waals surface area contributed by atoms with Crippen molar-refractivity contribution >= 4 is 12.0 Å². The van der Waals surface area contributed by atoms with Crippen molar-refractivity contribution in [2.45, 2.75) is 45.6 Å². The third-order valence-electron chi connectivity index (χ3n) is 2.66. The minimum Gasteiger partial charge on any atom is -0.444 e. The number of rotatable bonds is 2. The Morgan fingerprint density at radius 2 is 2.06 bits per heavy atom. The highest BCUT2D eigenvalue weighted by Crippen LogP contribution is 2.21. The summed E-state index contributed by atoms with van der Waals surface area (Å²) in [5.41, 5.74) is 4.69. The summed E-state index contributed by atoms with van der Waals surface area (Å²) in [6.07, 6.45) is 1.89. The lowest BCUT2D eigenvalue weighted by molar-refractivity contribution is -0.119. The van der Waals surface area contributed by atoms with Crippen molar-refractivity contribution in [3.05, 3.63) is 0 Å². The highest BCUT2D eigenvalue weighted by Gasteiger charge is 2.28. The molecule has 1 heterocycles. The quantitative estimate of drug-likeness (QED) is 0.797. The smallest absolute Gasteiger partial charge is 0.410 e. The Morgan fingerprint density at radius 1 is 1.41 bits per heavy atom. The normalized spacial score (nSPS) is 21.1. The fourth-order valence-electron chi connectivity index (χ4n) is 2.01. The van der Waals surface area contributed by atoms with Crippen molar-refractivity contribution in [3.8, 4) is 0 Å². The second-order valence-corrected chi connectivity index (χ2v) is 5.61. The summed E-state index contributed by atoms with van der Waals surface area (Å²) < 4.78 is 5.30. The molecular formula is C12H22N2O3. The molecule has 0 unspecified atom stereocenters. The van der Waals surface area contributed by atoms with E-state index in [1.807, 2.05) is 20.8 Å². The number of amides is 2. The van der Waals surface area contributed by atoms with Gasteiger partial charge in [0, 0.05) is 19.5 Å². The summed E-state index contributed by atoms with van der Waals surface area (Å²) >= 11 is 0. The number of hydrogen-bond donors (Lipinski definition) is 1. The molecular weight excluding hydrogens is 220 g/mol. The minimum atomic E-state index is -0.478. The Labute approximate surface area is 102 Å². The first-order valence-electron chi connectivity index (χ1n) is 6.04. The first-order valence-corrected chi connectivity index (χ1v) is 6.04. The van der Waals surface area contributed by atoms with Crippen LogP contribution in [-0.2, 0) is 9.53 Å². The van der Waals surface area contributed by atoms with E-state index in [0.717, 1.165) is 12.8 Å². The molecule has 17 heavy (non-hydrogen) atoms. The largest absolute Gasteiger partial charge is 0.444 e. The molecule has 0 aromatic rings. The number of carbonyl (C=O) groups is 2. The summed E-state index contributed by atoms with van der Waals surface area (Å²) in [6, 6.07) is 0. The molecule has 1 aliphatic rings. The lowest BCUT2D eigenvalue weighted by atomic mass is 9.95. The summed E-state index contributed by atoms with van der Waals surface area (Å²) in [4.78, 5) is 24.4. The molecule has 1 fully saturated rings. The molecule has 5 nitrogen and oxygen atoms in total. The Kier molecular flexibility index (Phi) is 4.37. The van der Waals surface area contributed by atoms with E-state index in [0.29, 0.717) is 19.5 Å². The van der Waals surface area contributed by atoms with Gasteiger partial charge in [-0.15, -0.1) is 0 Å². The van der Waals surface area contributed by atoms with E-state index in [9.17, 15) is 9.59 Å². The van der Waals surface area contributed by atoms with Gasteiger partial charge in [0.1, 0.15) is 5.60 Å². The predicted molar refractivity (Wildman–Crippen MR) is 64.3 cm³/mol. The van der Waals surface area contributed by atoms with E-state index in [-0.39, 0.29) is 17.9 Å². The maximum absolute atomic E-state index is 11.8. The molecule has 2 amide bonds. The van der Waals surface area contributed by atoms with Crippen molar-refractivity contribution in [1.82, 2.24) is 4.90 Å². The maximum Gasteiger partial charge on any atom is 0.410 e. The molecule has 0 spiro atoms. The first-order chi connectivity index (χ1) is 7.78. The van der Waals surface area contributed by atoms with Crippen LogP contribution in [0.15, 0.2) is 0 Å². The molecule has 1 saturated heterocycles. The van der Waals surface area contributed by atoms with E-state index in [1.165, 1.54) is 0 Å². The van der Waals surface area contributed by atoms with Crippen LogP contribution >= 0.6 is 0 Å². The number of piperidine rings is 1. The van der Waals surface area contributed by atoms with Gasteiger partial charge in [0.15, 0.2) is 0 Å². The van der Waals surface area contributed by atoms with Gasteiger partial charge in [-0.05, 0) is 39.5 Å². The summed E-state index contributed by atoms with van der Waals surface area (Å²) in [6.45, 7) is 6.79. The van der Waals surface area contributed by atoms with Gasteiger partial charge in [0.25, 0.3) is 0 Å². The van der Waals surface area contributed by atoms with Crippen molar-refractivity contribution in [2.75, 3.05) is 13.1 Å². The average molecular weight is 242 g/mol. The van der Waals surface area contributed by atoms with Crippen LogP contribution in [0.2, 0.25) is 0 Å². The second kappa shape index (κ2) is 5.38. The number of nitrogens with two attached hydrogens (primary N) is 1. The van der Waals surface area contributed by atoms with E-state index in [4.69, 9.17) is 10.5 Å². The molecule has 0 saturated carbocycles. The van der Waals surface area contributed by atoms with Crippen LogP contribution in [-0.4, -0.2) is 35.6 Å². The first kappa shape index (κ1) is 13.8. The average Bonchev–Trinajstić information content (AvgIpc) is 2.14. The summed E-state index contributed by atoms with van der Waals surface area (Å²) in [5, 5.41) is 0. The summed E-state index contributed by atoms with van der Waals surface area (Å²) in [7, 11) is 0. The van der Waals surface area contributed by atoms with Crippen LogP contribution in [0.1, 0.15) is 40.0 Å². The Hall–Kier alpha value is -1.26. The predicted octanol–water partition coefficient (Wildman–Crippen LogP) is 1.51. The number of primary amides is 1. The highest BCUT2D eigenvalue weighted by molar-refractivity contribution is 5.74. The van der Waals surface area contributed by atoms with E-state index in [1.54, 1.807) is 4.90 Å². The zero-order valence-corrected chi connectivity index (χ0v) is 10.9. The van der Waals surface area contributed by atoms with E-state index < -0.39 is 5.60 Å². The van der Waals surface area contributed by atoms with Crippen molar-refractivity contribution in [2.24, 2.45) is 11.7 Å². The van der Waals surface area contributed by atoms with Gasteiger partial charge in [-0.3, -0.25) is 4.79 Å². The molecule has 0 aliphatic carbocycles. The van der Waals surface area contributed by atoms with Crippen LogP contribution in [0, 0.1) is 5.92 Å². The molecule has 1 rings (SSSR count).